The number of amides is 1. The molecule has 12 heavy (non-hydrogen) atoms. The Bertz CT molecular complexity index is 248. The lowest BCUT2D eigenvalue weighted by Gasteiger charge is -2.04. The number of nitrogens with one attached hydrogen (secondary N) is 1. The van der Waals surface area contributed by atoms with Gasteiger partial charge >= 0.3 is 0 Å². The smallest absolute Gasteiger partial charge is 0.237 e. The summed E-state index contributed by atoms with van der Waals surface area (Å²) in [6, 6.07) is 0. The summed E-state index contributed by atoms with van der Waals surface area (Å²) in [4.78, 5) is 10.8. The number of alkyl halides is 1. The van der Waals surface area contributed by atoms with Gasteiger partial charge in [-0.05, 0) is 6.92 Å². The Morgan fingerprint density at radius 1 is 1.58 bits per heavy atom. The lowest BCUT2D eigenvalue weighted by Crippen LogP contribution is -2.33. The Morgan fingerprint density at radius 3 is 2.42 bits per heavy atom. The molecule has 1 N–H and O–H groups in total. The van der Waals surface area contributed by atoms with Gasteiger partial charge in [0.05, 0.1) is 5.75 Å². The average molecular weight is 214 g/mol. The second-order valence-electron chi connectivity index (χ2n) is 2.54. The Hall–Kier alpha value is -0.290. The van der Waals surface area contributed by atoms with Crippen molar-refractivity contribution < 1.29 is 13.2 Å². The van der Waals surface area contributed by atoms with Crippen molar-refractivity contribution in [1.82, 2.24) is 5.32 Å². The summed E-state index contributed by atoms with van der Waals surface area (Å²) in [6.45, 7) is 1.64. The van der Waals surface area contributed by atoms with Gasteiger partial charge in [0, 0.05) is 12.8 Å². The second-order valence-corrected chi connectivity index (χ2v) is 5.45. The molecule has 0 saturated carbocycles. The highest BCUT2D eigenvalue weighted by Gasteiger charge is 2.09. The highest BCUT2D eigenvalue weighted by Crippen LogP contribution is 1.91. The molecule has 0 spiro atoms. The average Bonchev–Trinajstić information content (AvgIpc) is 1.84. The minimum Gasteiger partial charge on any atom is -0.354 e. The van der Waals surface area contributed by atoms with Crippen LogP contribution in [0.4, 0.5) is 0 Å². The van der Waals surface area contributed by atoms with E-state index in [-0.39, 0.29) is 18.2 Å². The topological polar surface area (TPSA) is 63.2 Å². The molecule has 0 aromatic rings. The van der Waals surface area contributed by atoms with Gasteiger partial charge in [0.2, 0.25) is 5.91 Å². The number of carbonyl (C=O) groups excluding carboxylic acids is 1. The summed E-state index contributed by atoms with van der Waals surface area (Å²) >= 11 is 5.42. The lowest BCUT2D eigenvalue weighted by atomic mass is 10.4. The molecule has 0 bridgehead atoms. The van der Waals surface area contributed by atoms with Crippen LogP contribution in [0.15, 0.2) is 0 Å². The van der Waals surface area contributed by atoms with Crippen LogP contribution in [0.2, 0.25) is 0 Å². The number of carbonyl (C=O) groups is 1. The normalized spacial score (nSPS) is 13.9. The zero-order valence-electron chi connectivity index (χ0n) is 7.00. The van der Waals surface area contributed by atoms with Crippen molar-refractivity contribution in [2.24, 2.45) is 0 Å². The maximum atomic E-state index is 10.8. The predicted molar refractivity (Wildman–Crippen MR) is 48.0 cm³/mol. The van der Waals surface area contributed by atoms with E-state index in [1.54, 1.807) is 0 Å². The van der Waals surface area contributed by atoms with E-state index >= 15 is 0 Å². The molecule has 72 valence electrons. The summed E-state index contributed by atoms with van der Waals surface area (Å²) in [6.07, 6.45) is 1.11. The molecule has 1 atom stereocenters. The summed E-state index contributed by atoms with van der Waals surface area (Å²) in [5, 5.41) is 1.77. The van der Waals surface area contributed by atoms with Crippen LogP contribution in [0.1, 0.15) is 6.92 Å². The molecule has 0 aliphatic heterocycles. The van der Waals surface area contributed by atoms with E-state index in [0.717, 1.165) is 6.26 Å². The molecule has 1 unspecified atom stereocenters. The zero-order valence-corrected chi connectivity index (χ0v) is 8.57. The predicted octanol–water partition coefficient (Wildman–Crippen LogP) is -0.226. The molecule has 4 nitrogen and oxygen atoms in total. The molecule has 0 aromatic heterocycles. The van der Waals surface area contributed by atoms with Crippen LogP contribution in [-0.2, 0) is 14.6 Å². The van der Waals surface area contributed by atoms with Gasteiger partial charge < -0.3 is 5.32 Å². The van der Waals surface area contributed by atoms with Crippen LogP contribution in [0.5, 0.6) is 0 Å². The third kappa shape index (κ3) is 6.42. The third-order valence-corrected chi connectivity index (χ3v) is 2.28. The number of rotatable bonds is 4. The standard InChI is InChI=1S/C6H12ClNO3S/c1-5(7)6(9)8-3-4-12(2,10)11/h5H,3-4H2,1-2H3,(H,8,9). The van der Waals surface area contributed by atoms with Gasteiger partial charge in [-0.3, -0.25) is 4.79 Å². The maximum absolute atomic E-state index is 10.8. The number of hydrogen-bond acceptors (Lipinski definition) is 3. The first kappa shape index (κ1) is 11.7. The third-order valence-electron chi connectivity index (χ3n) is 1.13. The molecule has 0 aliphatic carbocycles. The van der Waals surface area contributed by atoms with Crippen LogP contribution in [-0.4, -0.2) is 38.3 Å². The molecule has 0 fully saturated rings. The molecule has 0 radical (unpaired) electrons. The highest BCUT2D eigenvalue weighted by molar-refractivity contribution is 7.90. The van der Waals surface area contributed by atoms with E-state index in [0.29, 0.717) is 0 Å². The van der Waals surface area contributed by atoms with E-state index in [1.807, 2.05) is 0 Å². The maximum Gasteiger partial charge on any atom is 0.237 e. The van der Waals surface area contributed by atoms with E-state index in [2.05, 4.69) is 5.32 Å². The van der Waals surface area contributed by atoms with Gasteiger partial charge in [0.25, 0.3) is 0 Å². The quantitative estimate of drug-likeness (QED) is 0.657. The molecule has 6 heteroatoms. The van der Waals surface area contributed by atoms with Gasteiger partial charge in [-0.15, -0.1) is 11.6 Å². The fraction of sp³-hybridized carbons (Fsp3) is 0.833. The zero-order chi connectivity index (χ0) is 9.78. The first-order valence-electron chi connectivity index (χ1n) is 3.42. The molecular formula is C6H12ClNO3S. The van der Waals surface area contributed by atoms with Crippen LogP contribution in [0.25, 0.3) is 0 Å². The lowest BCUT2D eigenvalue weighted by molar-refractivity contribution is -0.120. The number of halogens is 1. The van der Waals surface area contributed by atoms with Crippen LogP contribution in [0, 0.1) is 0 Å². The molecule has 0 aliphatic rings. The second kappa shape index (κ2) is 4.67. The van der Waals surface area contributed by atoms with Crippen molar-refractivity contribution in [3.05, 3.63) is 0 Å². The summed E-state index contributed by atoms with van der Waals surface area (Å²) in [5.74, 6) is -0.400. The Morgan fingerprint density at radius 2 is 2.08 bits per heavy atom. The molecular weight excluding hydrogens is 202 g/mol. The largest absolute Gasteiger partial charge is 0.354 e. The van der Waals surface area contributed by atoms with Crippen LogP contribution < -0.4 is 5.32 Å². The van der Waals surface area contributed by atoms with Gasteiger partial charge in [-0.2, -0.15) is 0 Å². The fourth-order valence-corrected chi connectivity index (χ4v) is 1.05. The van der Waals surface area contributed by atoms with E-state index in [1.165, 1.54) is 6.92 Å². The highest BCUT2D eigenvalue weighted by atomic mass is 35.5. The first-order valence-corrected chi connectivity index (χ1v) is 5.92. The van der Waals surface area contributed by atoms with Crippen LogP contribution in [0.3, 0.4) is 0 Å². The van der Waals surface area contributed by atoms with E-state index < -0.39 is 15.2 Å². The molecule has 0 aromatic carbocycles. The van der Waals surface area contributed by atoms with Gasteiger partial charge in [-0.25, -0.2) is 8.42 Å². The summed E-state index contributed by atoms with van der Waals surface area (Å²) < 4.78 is 21.2. The van der Waals surface area contributed by atoms with Crippen LogP contribution >= 0.6 is 11.6 Å². The van der Waals surface area contributed by atoms with Gasteiger partial charge in [0.15, 0.2) is 0 Å². The van der Waals surface area contributed by atoms with Gasteiger partial charge in [0.1, 0.15) is 15.2 Å². The van der Waals surface area contributed by atoms with Gasteiger partial charge in [-0.1, -0.05) is 0 Å². The SMILES string of the molecule is CC(Cl)C(=O)NCCS(C)(=O)=O. The van der Waals surface area contributed by atoms with Crippen molar-refractivity contribution in [2.45, 2.75) is 12.3 Å². The van der Waals surface area contributed by atoms with Crippen molar-refractivity contribution >= 4 is 27.3 Å². The van der Waals surface area contributed by atoms with E-state index in [9.17, 15) is 13.2 Å². The first-order chi connectivity index (χ1) is 5.33. The summed E-state index contributed by atoms with van der Waals surface area (Å²) in [5.41, 5.74) is 0. The minimum absolute atomic E-state index is 0.0532. The minimum atomic E-state index is -3.00. The number of sulfone groups is 1. The van der Waals surface area contributed by atoms with Crippen molar-refractivity contribution in [3.63, 3.8) is 0 Å². The molecule has 0 saturated heterocycles. The molecule has 1 amide bonds. The van der Waals surface area contributed by atoms with E-state index in [4.69, 9.17) is 11.6 Å². The van der Waals surface area contributed by atoms with Crippen molar-refractivity contribution in [1.29, 1.82) is 0 Å². The monoisotopic (exact) mass is 213 g/mol. The Kier molecular flexibility index (Phi) is 4.55. The molecule has 0 heterocycles. The fourth-order valence-electron chi connectivity index (χ4n) is 0.500. The number of hydrogen-bond donors (Lipinski definition) is 1. The Labute approximate surface area is 77.2 Å². The summed E-state index contributed by atoms with van der Waals surface area (Å²) in [7, 11) is -3.00. The van der Waals surface area contributed by atoms with Crippen molar-refractivity contribution in [2.75, 3.05) is 18.6 Å². The molecule has 0 rings (SSSR count). The Balaban J connectivity index is 3.66. The van der Waals surface area contributed by atoms with Crippen molar-refractivity contribution in [3.8, 4) is 0 Å².